The molecule has 29 heavy (non-hydrogen) atoms. The monoisotopic (exact) mass is 480 g/mol. The highest BCUT2D eigenvalue weighted by molar-refractivity contribution is 9.10. The van der Waals surface area contributed by atoms with Crippen LogP contribution in [0.15, 0.2) is 46.9 Å². The lowest BCUT2D eigenvalue weighted by Crippen LogP contribution is -2.43. The van der Waals surface area contributed by atoms with Crippen LogP contribution >= 0.6 is 27.5 Å². The topological polar surface area (TPSA) is 51.7 Å². The van der Waals surface area contributed by atoms with Crippen LogP contribution in [-0.4, -0.2) is 34.7 Å². The lowest BCUT2D eigenvalue weighted by atomic mass is 9.87. The standard InChI is InChI=1S/C22H26BrClN2O3/c1-22(2,3)29-21(27)26-13-11-16(12-14-26)20(15-7-9-17(23)10-8-15)28-19-6-4-5-18(24)25-19/h4-10,16,20H,11-14H2,1-3H3. The minimum Gasteiger partial charge on any atom is -0.469 e. The minimum absolute atomic E-state index is 0.171. The van der Waals surface area contributed by atoms with Crippen molar-refractivity contribution < 1.29 is 14.3 Å². The van der Waals surface area contributed by atoms with Gasteiger partial charge in [-0.05, 0) is 57.4 Å². The van der Waals surface area contributed by atoms with E-state index in [0.717, 1.165) is 22.9 Å². The van der Waals surface area contributed by atoms with Crippen LogP contribution in [0.4, 0.5) is 4.79 Å². The van der Waals surface area contributed by atoms with Gasteiger partial charge in [-0.25, -0.2) is 9.78 Å². The number of ether oxygens (including phenoxy) is 2. The summed E-state index contributed by atoms with van der Waals surface area (Å²) >= 11 is 9.52. The summed E-state index contributed by atoms with van der Waals surface area (Å²) < 4.78 is 12.8. The van der Waals surface area contributed by atoms with Gasteiger partial charge in [0.2, 0.25) is 5.88 Å². The Morgan fingerprint density at radius 3 is 2.41 bits per heavy atom. The third-order valence-corrected chi connectivity index (χ3v) is 5.49. The van der Waals surface area contributed by atoms with Crippen molar-refractivity contribution in [2.24, 2.45) is 5.92 Å². The summed E-state index contributed by atoms with van der Waals surface area (Å²) in [4.78, 5) is 18.4. The average Bonchev–Trinajstić information content (AvgIpc) is 2.66. The Bertz CT molecular complexity index is 831. The molecular weight excluding hydrogens is 456 g/mol. The van der Waals surface area contributed by atoms with E-state index < -0.39 is 5.60 Å². The van der Waals surface area contributed by atoms with Crippen LogP contribution in [-0.2, 0) is 4.74 Å². The van der Waals surface area contributed by atoms with Gasteiger partial charge in [-0.15, -0.1) is 0 Å². The zero-order valence-corrected chi connectivity index (χ0v) is 19.2. The molecule has 2 aromatic rings. The van der Waals surface area contributed by atoms with Crippen molar-refractivity contribution in [3.8, 4) is 5.88 Å². The van der Waals surface area contributed by atoms with Crippen molar-refractivity contribution in [2.75, 3.05) is 13.1 Å². The molecule has 2 heterocycles. The number of rotatable bonds is 4. The summed E-state index contributed by atoms with van der Waals surface area (Å²) in [5, 5.41) is 0.400. The lowest BCUT2D eigenvalue weighted by molar-refractivity contribution is 0.0102. The minimum atomic E-state index is -0.491. The first kappa shape index (κ1) is 21.9. The molecule has 1 fully saturated rings. The molecule has 1 aliphatic rings. The van der Waals surface area contributed by atoms with Crippen molar-refractivity contribution in [1.82, 2.24) is 9.88 Å². The molecule has 0 bridgehead atoms. The fourth-order valence-electron chi connectivity index (χ4n) is 3.39. The van der Waals surface area contributed by atoms with Crippen LogP contribution in [0, 0.1) is 5.92 Å². The smallest absolute Gasteiger partial charge is 0.410 e. The van der Waals surface area contributed by atoms with Crippen molar-refractivity contribution in [2.45, 2.75) is 45.3 Å². The molecular formula is C22H26BrClN2O3. The molecule has 0 N–H and O–H groups in total. The Balaban J connectivity index is 1.73. The second-order valence-corrected chi connectivity index (χ2v) is 9.50. The van der Waals surface area contributed by atoms with Gasteiger partial charge in [0.1, 0.15) is 16.9 Å². The van der Waals surface area contributed by atoms with Gasteiger partial charge in [-0.1, -0.05) is 45.7 Å². The molecule has 0 radical (unpaired) electrons. The average molecular weight is 482 g/mol. The Labute approximate surface area is 185 Å². The van der Waals surface area contributed by atoms with Gasteiger partial charge in [0.15, 0.2) is 0 Å². The van der Waals surface area contributed by atoms with Gasteiger partial charge in [0, 0.05) is 29.5 Å². The number of halogens is 2. The highest BCUT2D eigenvalue weighted by Crippen LogP contribution is 2.35. The number of hydrogen-bond acceptors (Lipinski definition) is 4. The maximum atomic E-state index is 12.4. The van der Waals surface area contributed by atoms with E-state index >= 15 is 0 Å². The Morgan fingerprint density at radius 2 is 1.83 bits per heavy atom. The molecule has 1 unspecified atom stereocenters. The quantitative estimate of drug-likeness (QED) is 0.483. The largest absolute Gasteiger partial charge is 0.469 e. The van der Waals surface area contributed by atoms with Crippen molar-refractivity contribution in [3.05, 3.63) is 57.7 Å². The third-order valence-electron chi connectivity index (χ3n) is 4.76. The number of carbonyl (C=O) groups excluding carboxylic acids is 1. The zero-order chi connectivity index (χ0) is 21.0. The second kappa shape index (κ2) is 9.35. The molecule has 5 nitrogen and oxygen atoms in total. The van der Waals surface area contributed by atoms with Gasteiger partial charge in [0.25, 0.3) is 0 Å². The number of nitrogens with zero attached hydrogens (tertiary/aromatic N) is 2. The molecule has 3 rings (SSSR count). The normalized spacial score (nSPS) is 16.4. The highest BCUT2D eigenvalue weighted by Gasteiger charge is 2.32. The summed E-state index contributed by atoms with van der Waals surface area (Å²) in [6, 6.07) is 13.5. The molecule has 1 atom stereocenters. The molecule has 0 saturated carbocycles. The maximum absolute atomic E-state index is 12.4. The number of benzene rings is 1. The summed E-state index contributed by atoms with van der Waals surface area (Å²) in [5.41, 5.74) is 0.584. The highest BCUT2D eigenvalue weighted by atomic mass is 79.9. The SMILES string of the molecule is CC(C)(C)OC(=O)N1CCC(C(Oc2cccc(Cl)n2)c2ccc(Br)cc2)CC1. The van der Waals surface area contributed by atoms with E-state index in [2.05, 4.69) is 33.0 Å². The first-order valence-electron chi connectivity index (χ1n) is 9.74. The molecule has 1 aliphatic heterocycles. The van der Waals surface area contributed by atoms with E-state index in [0.29, 0.717) is 24.1 Å². The Hall–Kier alpha value is -1.79. The van der Waals surface area contributed by atoms with Gasteiger partial charge in [-0.2, -0.15) is 0 Å². The third kappa shape index (κ3) is 6.34. The predicted octanol–water partition coefficient (Wildman–Crippen LogP) is 6.26. The van der Waals surface area contributed by atoms with E-state index in [1.165, 1.54) is 0 Å². The molecule has 1 amide bonds. The molecule has 1 saturated heterocycles. The van der Waals surface area contributed by atoms with Crippen LogP contribution in [0.1, 0.15) is 45.3 Å². The number of carbonyl (C=O) groups is 1. The van der Waals surface area contributed by atoms with Crippen molar-refractivity contribution >= 4 is 33.6 Å². The number of hydrogen-bond donors (Lipinski definition) is 0. The van der Waals surface area contributed by atoms with E-state index in [1.54, 1.807) is 11.0 Å². The number of pyridine rings is 1. The summed E-state index contributed by atoms with van der Waals surface area (Å²) in [5.74, 6) is 0.746. The first-order chi connectivity index (χ1) is 13.7. The number of amides is 1. The molecule has 156 valence electrons. The van der Waals surface area contributed by atoms with Gasteiger partial charge < -0.3 is 14.4 Å². The van der Waals surface area contributed by atoms with Gasteiger partial charge in [-0.3, -0.25) is 0 Å². The van der Waals surface area contributed by atoms with Gasteiger partial charge in [0.05, 0.1) is 0 Å². The first-order valence-corrected chi connectivity index (χ1v) is 10.9. The molecule has 0 aliphatic carbocycles. The van der Waals surface area contributed by atoms with Gasteiger partial charge >= 0.3 is 6.09 Å². The lowest BCUT2D eigenvalue weighted by Gasteiger charge is -2.36. The predicted molar refractivity (Wildman–Crippen MR) is 117 cm³/mol. The fourth-order valence-corrected chi connectivity index (χ4v) is 3.81. The van der Waals surface area contributed by atoms with Crippen LogP contribution in [0.2, 0.25) is 5.15 Å². The Kier molecular flexibility index (Phi) is 7.06. The van der Waals surface area contributed by atoms with E-state index in [1.807, 2.05) is 45.0 Å². The summed E-state index contributed by atoms with van der Waals surface area (Å²) in [6.07, 6.45) is 1.21. The van der Waals surface area contributed by atoms with Crippen LogP contribution in [0.3, 0.4) is 0 Å². The number of aromatic nitrogens is 1. The number of likely N-dealkylation sites (tertiary alicyclic amines) is 1. The van der Waals surface area contributed by atoms with Crippen molar-refractivity contribution in [1.29, 1.82) is 0 Å². The van der Waals surface area contributed by atoms with Crippen molar-refractivity contribution in [3.63, 3.8) is 0 Å². The molecule has 1 aromatic carbocycles. The van der Waals surface area contributed by atoms with E-state index in [4.69, 9.17) is 21.1 Å². The van der Waals surface area contributed by atoms with Crippen LogP contribution in [0.5, 0.6) is 5.88 Å². The zero-order valence-electron chi connectivity index (χ0n) is 16.9. The summed E-state index contributed by atoms with van der Waals surface area (Å²) in [7, 11) is 0. The number of piperidine rings is 1. The Morgan fingerprint density at radius 1 is 1.17 bits per heavy atom. The van der Waals surface area contributed by atoms with Crippen LogP contribution in [0.25, 0.3) is 0 Å². The molecule has 7 heteroatoms. The van der Waals surface area contributed by atoms with E-state index in [9.17, 15) is 4.79 Å². The maximum Gasteiger partial charge on any atom is 0.410 e. The molecule has 0 spiro atoms. The van der Waals surface area contributed by atoms with Crippen LogP contribution < -0.4 is 4.74 Å². The van der Waals surface area contributed by atoms with E-state index in [-0.39, 0.29) is 18.1 Å². The second-order valence-electron chi connectivity index (χ2n) is 8.19. The fraction of sp³-hybridized carbons (Fsp3) is 0.455. The molecule has 1 aromatic heterocycles. The summed E-state index contributed by atoms with van der Waals surface area (Å²) in [6.45, 7) is 6.92.